The molecule has 1 saturated heterocycles. The van der Waals surface area contributed by atoms with Crippen molar-refractivity contribution in [1.82, 2.24) is 9.47 Å². The van der Waals surface area contributed by atoms with Crippen LogP contribution in [0, 0.1) is 25.6 Å². The summed E-state index contributed by atoms with van der Waals surface area (Å²) in [4.78, 5) is 26.7. The lowest BCUT2D eigenvalue weighted by Crippen LogP contribution is -2.40. The zero-order valence-electron chi connectivity index (χ0n) is 16.0. The molecule has 2 heterocycles. The molecule has 0 radical (unpaired) electrons. The lowest BCUT2D eigenvalue weighted by atomic mass is 9.96. The molecule has 1 aliphatic heterocycles. The second kappa shape index (κ2) is 7.94. The minimum atomic E-state index is -0.290. The van der Waals surface area contributed by atoms with Gasteiger partial charge in [-0.1, -0.05) is 0 Å². The smallest absolute Gasteiger partial charge is 0.309 e. The maximum Gasteiger partial charge on any atom is 0.309 e. The number of hydrogen-bond donors (Lipinski definition) is 0. The minimum absolute atomic E-state index is 0.0289. The van der Waals surface area contributed by atoms with Crippen LogP contribution in [0.1, 0.15) is 41.5 Å². The molecule has 0 aliphatic carbocycles. The van der Waals surface area contributed by atoms with Gasteiger partial charge in [-0.25, -0.2) is 4.39 Å². The number of likely N-dealkylation sites (tertiary alicyclic amines) is 1. The van der Waals surface area contributed by atoms with E-state index >= 15 is 0 Å². The van der Waals surface area contributed by atoms with Crippen LogP contribution in [0.15, 0.2) is 30.3 Å². The number of halogens is 1. The number of amides is 1. The molecule has 0 atom stereocenters. The standard InChI is InChI=1S/C21H25FN2O3/c1-4-27-21(26)16-9-11-23(12-10-16)20(25)19-13-14(2)24(15(19)3)18-7-5-17(22)6-8-18/h5-8,13,16H,4,9-12H2,1-3H3. The number of esters is 1. The number of piperidine rings is 1. The first-order chi connectivity index (χ1) is 12.9. The minimum Gasteiger partial charge on any atom is -0.466 e. The summed E-state index contributed by atoms with van der Waals surface area (Å²) in [6.07, 6.45) is 1.25. The molecule has 144 valence electrons. The molecule has 6 heteroatoms. The topological polar surface area (TPSA) is 51.5 Å². The first-order valence-electron chi connectivity index (χ1n) is 9.33. The number of benzene rings is 1. The van der Waals surface area contributed by atoms with Crippen molar-refractivity contribution in [1.29, 1.82) is 0 Å². The summed E-state index contributed by atoms with van der Waals surface area (Å²) in [6, 6.07) is 8.10. The van der Waals surface area contributed by atoms with Gasteiger partial charge in [0.25, 0.3) is 5.91 Å². The molecule has 0 saturated carbocycles. The first-order valence-corrected chi connectivity index (χ1v) is 9.33. The van der Waals surface area contributed by atoms with Crippen molar-refractivity contribution in [3.8, 4) is 5.69 Å². The van der Waals surface area contributed by atoms with Crippen LogP contribution in [0.5, 0.6) is 0 Å². The molecule has 0 bridgehead atoms. The van der Waals surface area contributed by atoms with Crippen molar-refractivity contribution < 1.29 is 18.7 Å². The highest BCUT2D eigenvalue weighted by Gasteiger charge is 2.30. The molecule has 27 heavy (non-hydrogen) atoms. The molecule has 2 aromatic rings. The highest BCUT2D eigenvalue weighted by atomic mass is 19.1. The molecule has 0 unspecified atom stereocenters. The third-order valence-electron chi connectivity index (χ3n) is 5.15. The summed E-state index contributed by atoms with van der Waals surface area (Å²) < 4.78 is 20.3. The van der Waals surface area contributed by atoms with Crippen LogP contribution in [0.2, 0.25) is 0 Å². The van der Waals surface area contributed by atoms with Crippen molar-refractivity contribution in [3.63, 3.8) is 0 Å². The van der Waals surface area contributed by atoms with Gasteiger partial charge in [-0.15, -0.1) is 0 Å². The Labute approximate surface area is 158 Å². The van der Waals surface area contributed by atoms with Crippen molar-refractivity contribution in [3.05, 3.63) is 53.1 Å². The van der Waals surface area contributed by atoms with Crippen LogP contribution in [-0.2, 0) is 9.53 Å². The molecule has 0 N–H and O–H groups in total. The normalized spacial score (nSPS) is 15.0. The third-order valence-corrected chi connectivity index (χ3v) is 5.15. The van der Waals surface area contributed by atoms with E-state index in [0.717, 1.165) is 17.1 Å². The van der Waals surface area contributed by atoms with Gasteiger partial charge in [0.1, 0.15) is 5.82 Å². The summed E-state index contributed by atoms with van der Waals surface area (Å²) in [5.41, 5.74) is 3.22. The summed E-state index contributed by atoms with van der Waals surface area (Å²) in [6.45, 7) is 7.10. The van der Waals surface area contributed by atoms with E-state index < -0.39 is 0 Å². The number of aromatic nitrogens is 1. The molecule has 1 aliphatic rings. The average Bonchev–Trinajstić information content (AvgIpc) is 2.96. The highest BCUT2D eigenvalue weighted by molar-refractivity contribution is 5.96. The number of rotatable bonds is 4. The van der Waals surface area contributed by atoms with Crippen LogP contribution in [0.4, 0.5) is 4.39 Å². The summed E-state index contributed by atoms with van der Waals surface area (Å²) in [5.74, 6) is -0.611. The molecule has 1 amide bonds. The molecular weight excluding hydrogens is 347 g/mol. The van der Waals surface area contributed by atoms with E-state index in [1.54, 1.807) is 24.0 Å². The third kappa shape index (κ3) is 3.89. The van der Waals surface area contributed by atoms with E-state index in [-0.39, 0.29) is 23.6 Å². The Bertz CT molecular complexity index is 834. The second-order valence-electron chi connectivity index (χ2n) is 6.92. The second-order valence-corrected chi connectivity index (χ2v) is 6.92. The van der Waals surface area contributed by atoms with E-state index in [2.05, 4.69) is 0 Å². The highest BCUT2D eigenvalue weighted by Crippen LogP contribution is 2.25. The van der Waals surface area contributed by atoms with Gasteiger partial charge >= 0.3 is 5.97 Å². The summed E-state index contributed by atoms with van der Waals surface area (Å²) in [7, 11) is 0. The fourth-order valence-electron chi connectivity index (χ4n) is 3.72. The Morgan fingerprint density at radius 2 is 1.78 bits per heavy atom. The molecule has 3 rings (SSSR count). The van der Waals surface area contributed by atoms with Gasteiger partial charge < -0.3 is 14.2 Å². The SMILES string of the molecule is CCOC(=O)C1CCN(C(=O)c2cc(C)n(-c3ccc(F)cc3)c2C)CC1. The van der Waals surface area contributed by atoms with E-state index in [4.69, 9.17) is 4.74 Å². The number of nitrogens with zero attached hydrogens (tertiary/aromatic N) is 2. The number of carbonyl (C=O) groups excluding carboxylic acids is 2. The van der Waals surface area contributed by atoms with Gasteiger partial charge in [0.2, 0.25) is 0 Å². The molecule has 5 nitrogen and oxygen atoms in total. The first kappa shape index (κ1) is 19.1. The lowest BCUT2D eigenvalue weighted by Gasteiger charge is -2.31. The molecule has 1 aromatic heterocycles. The maximum atomic E-state index is 13.2. The predicted molar refractivity (Wildman–Crippen MR) is 100 cm³/mol. The largest absolute Gasteiger partial charge is 0.466 e. The van der Waals surface area contributed by atoms with E-state index in [0.29, 0.717) is 38.1 Å². The predicted octanol–water partition coefficient (Wildman–Crippen LogP) is 3.65. The van der Waals surface area contributed by atoms with Gasteiger partial charge in [-0.3, -0.25) is 9.59 Å². The van der Waals surface area contributed by atoms with Crippen LogP contribution in [0.3, 0.4) is 0 Å². The van der Waals surface area contributed by atoms with Gasteiger partial charge in [0, 0.05) is 30.2 Å². The van der Waals surface area contributed by atoms with E-state index in [1.165, 1.54) is 12.1 Å². The fourth-order valence-corrected chi connectivity index (χ4v) is 3.72. The fraction of sp³-hybridized carbons (Fsp3) is 0.429. The summed E-state index contributed by atoms with van der Waals surface area (Å²) in [5, 5.41) is 0. The zero-order valence-corrected chi connectivity index (χ0v) is 16.0. The number of hydrogen-bond acceptors (Lipinski definition) is 3. The maximum absolute atomic E-state index is 13.2. The Balaban J connectivity index is 1.76. The molecule has 1 fully saturated rings. The zero-order chi connectivity index (χ0) is 19.6. The Hall–Kier alpha value is -2.63. The van der Waals surface area contributed by atoms with Gasteiger partial charge in [-0.05, 0) is 63.9 Å². The van der Waals surface area contributed by atoms with Gasteiger partial charge in [0.05, 0.1) is 18.1 Å². The lowest BCUT2D eigenvalue weighted by molar-refractivity contribution is -0.149. The van der Waals surface area contributed by atoms with Crippen LogP contribution in [0.25, 0.3) is 5.69 Å². The quantitative estimate of drug-likeness (QED) is 0.770. The molecular formula is C21H25FN2O3. The Kier molecular flexibility index (Phi) is 5.63. The van der Waals surface area contributed by atoms with Crippen LogP contribution in [-0.4, -0.2) is 41.0 Å². The number of aryl methyl sites for hydroxylation is 1. The number of ether oxygens (including phenoxy) is 1. The van der Waals surface area contributed by atoms with Crippen molar-refractivity contribution in [2.24, 2.45) is 5.92 Å². The number of carbonyl (C=O) groups is 2. The van der Waals surface area contributed by atoms with Crippen LogP contribution >= 0.6 is 0 Å². The Morgan fingerprint density at radius 1 is 1.15 bits per heavy atom. The van der Waals surface area contributed by atoms with Crippen molar-refractivity contribution >= 4 is 11.9 Å². The molecule has 1 aromatic carbocycles. The van der Waals surface area contributed by atoms with Crippen molar-refractivity contribution in [2.45, 2.75) is 33.6 Å². The van der Waals surface area contributed by atoms with E-state index in [9.17, 15) is 14.0 Å². The summed E-state index contributed by atoms with van der Waals surface area (Å²) >= 11 is 0. The molecule has 0 spiro atoms. The Morgan fingerprint density at radius 3 is 2.37 bits per heavy atom. The van der Waals surface area contributed by atoms with Crippen molar-refractivity contribution in [2.75, 3.05) is 19.7 Å². The monoisotopic (exact) mass is 372 g/mol. The average molecular weight is 372 g/mol. The van der Waals surface area contributed by atoms with Crippen LogP contribution < -0.4 is 0 Å². The van der Waals surface area contributed by atoms with Gasteiger partial charge in [0.15, 0.2) is 0 Å². The van der Waals surface area contributed by atoms with Gasteiger partial charge in [-0.2, -0.15) is 0 Å². The van der Waals surface area contributed by atoms with E-state index in [1.807, 2.05) is 24.5 Å².